The molecule has 0 spiro atoms. The lowest BCUT2D eigenvalue weighted by Gasteiger charge is -2.15. The third-order valence-corrected chi connectivity index (χ3v) is 3.20. The molecule has 1 aromatic rings. The van der Waals surface area contributed by atoms with Crippen molar-refractivity contribution in [2.75, 3.05) is 12.3 Å². The maximum absolute atomic E-state index is 12.0. The summed E-state index contributed by atoms with van der Waals surface area (Å²) < 4.78 is 5.22. The number of carbonyl (C=O) groups excluding carboxylic acids is 2. The molecule has 0 radical (unpaired) electrons. The highest BCUT2D eigenvalue weighted by Crippen LogP contribution is 2.20. The minimum Gasteiger partial charge on any atom is -0.449 e. The highest BCUT2D eigenvalue weighted by atomic mass is 35.5. The number of benzene rings is 1. The van der Waals surface area contributed by atoms with Gasteiger partial charge in [-0.25, -0.2) is 4.79 Å². The molecule has 1 amide bonds. The summed E-state index contributed by atoms with van der Waals surface area (Å²) in [6.45, 7) is 0.617. The van der Waals surface area contributed by atoms with Gasteiger partial charge in [0, 0.05) is 17.3 Å². The van der Waals surface area contributed by atoms with Gasteiger partial charge >= 0.3 is 5.97 Å². The van der Waals surface area contributed by atoms with E-state index in [1.165, 1.54) is 12.1 Å². The second-order valence-electron chi connectivity index (χ2n) is 4.41. The van der Waals surface area contributed by atoms with Crippen LogP contribution in [0.25, 0.3) is 0 Å². The van der Waals surface area contributed by atoms with Gasteiger partial charge in [0.1, 0.15) is 0 Å². The van der Waals surface area contributed by atoms with Crippen LogP contribution in [0.2, 0.25) is 5.02 Å². The van der Waals surface area contributed by atoms with E-state index in [-0.39, 0.29) is 17.2 Å². The van der Waals surface area contributed by atoms with Crippen molar-refractivity contribution in [3.8, 4) is 0 Å². The lowest BCUT2D eigenvalue weighted by molar-refractivity contribution is -0.129. The summed E-state index contributed by atoms with van der Waals surface area (Å²) in [5.74, 6) is -0.881. The number of halogens is 1. The standard InChI is InChI=1S/C13H15ClN2O3/c14-8-4-5-10(15)9(7-8)13(18)19-11-3-1-2-6-16-12(11)17/h4-5,7,11H,1-3,6,15H2,(H,16,17). The molecule has 0 aliphatic carbocycles. The first-order valence-corrected chi connectivity index (χ1v) is 6.49. The number of anilines is 1. The fourth-order valence-electron chi connectivity index (χ4n) is 1.92. The molecule has 6 heteroatoms. The van der Waals surface area contributed by atoms with Gasteiger partial charge in [-0.2, -0.15) is 0 Å². The molecule has 1 aromatic carbocycles. The van der Waals surface area contributed by atoms with E-state index in [1.807, 2.05) is 0 Å². The summed E-state index contributed by atoms with van der Waals surface area (Å²) in [5, 5.41) is 3.10. The Morgan fingerprint density at radius 1 is 1.42 bits per heavy atom. The molecule has 1 saturated heterocycles. The lowest BCUT2D eigenvalue weighted by atomic mass is 10.1. The third-order valence-electron chi connectivity index (χ3n) is 2.97. The second-order valence-corrected chi connectivity index (χ2v) is 4.85. The summed E-state index contributed by atoms with van der Waals surface area (Å²) in [6, 6.07) is 4.56. The van der Waals surface area contributed by atoms with Gasteiger partial charge in [-0.1, -0.05) is 11.6 Å². The van der Waals surface area contributed by atoms with E-state index in [0.717, 1.165) is 12.8 Å². The molecule has 5 nitrogen and oxygen atoms in total. The molecule has 1 heterocycles. The largest absolute Gasteiger partial charge is 0.449 e. The number of amides is 1. The SMILES string of the molecule is Nc1ccc(Cl)cc1C(=O)OC1CCCCNC1=O. The van der Waals surface area contributed by atoms with Gasteiger partial charge in [0.05, 0.1) is 5.56 Å². The van der Waals surface area contributed by atoms with E-state index in [2.05, 4.69) is 5.32 Å². The van der Waals surface area contributed by atoms with E-state index in [1.54, 1.807) is 6.07 Å². The number of hydrogen-bond donors (Lipinski definition) is 2. The molecule has 0 aromatic heterocycles. The number of esters is 1. The first kappa shape index (κ1) is 13.7. The summed E-state index contributed by atoms with van der Waals surface area (Å²) in [6.07, 6.45) is 1.49. The molecule has 1 fully saturated rings. The predicted octanol–water partition coefficient (Wildman–Crippen LogP) is 1.75. The molecule has 1 aliphatic heterocycles. The zero-order valence-electron chi connectivity index (χ0n) is 10.3. The smallest absolute Gasteiger partial charge is 0.341 e. The van der Waals surface area contributed by atoms with Crippen molar-refractivity contribution in [3.63, 3.8) is 0 Å². The van der Waals surface area contributed by atoms with Crippen LogP contribution in [0.3, 0.4) is 0 Å². The van der Waals surface area contributed by atoms with E-state index in [9.17, 15) is 9.59 Å². The van der Waals surface area contributed by atoms with Crippen molar-refractivity contribution in [2.45, 2.75) is 25.4 Å². The number of nitrogens with one attached hydrogen (secondary N) is 1. The molecule has 102 valence electrons. The zero-order valence-corrected chi connectivity index (χ0v) is 11.1. The number of nitrogen functional groups attached to an aromatic ring is 1. The molecule has 19 heavy (non-hydrogen) atoms. The third kappa shape index (κ3) is 3.38. The summed E-state index contributed by atoms with van der Waals surface area (Å²) >= 11 is 5.82. The van der Waals surface area contributed by atoms with E-state index >= 15 is 0 Å². The van der Waals surface area contributed by atoms with Crippen LogP contribution < -0.4 is 11.1 Å². The first-order chi connectivity index (χ1) is 9.08. The van der Waals surface area contributed by atoms with Crippen LogP contribution in [0, 0.1) is 0 Å². The Morgan fingerprint density at radius 3 is 3.00 bits per heavy atom. The van der Waals surface area contributed by atoms with Crippen molar-refractivity contribution >= 4 is 29.2 Å². The van der Waals surface area contributed by atoms with Gasteiger partial charge in [0.2, 0.25) is 0 Å². The average molecular weight is 283 g/mol. The first-order valence-electron chi connectivity index (χ1n) is 6.11. The van der Waals surface area contributed by atoms with E-state index in [4.69, 9.17) is 22.1 Å². The maximum atomic E-state index is 12.0. The number of carbonyl (C=O) groups is 2. The molecule has 0 saturated carbocycles. The molecule has 1 unspecified atom stereocenters. The fourth-order valence-corrected chi connectivity index (χ4v) is 2.09. The Labute approximate surface area is 116 Å². The van der Waals surface area contributed by atoms with Crippen molar-refractivity contribution in [1.29, 1.82) is 0 Å². The number of ether oxygens (including phenoxy) is 1. The van der Waals surface area contributed by atoms with Crippen LogP contribution in [-0.2, 0) is 9.53 Å². The van der Waals surface area contributed by atoms with Gasteiger partial charge in [0.25, 0.3) is 5.91 Å². The highest BCUT2D eigenvalue weighted by Gasteiger charge is 2.25. The van der Waals surface area contributed by atoms with Crippen molar-refractivity contribution < 1.29 is 14.3 Å². The lowest BCUT2D eigenvalue weighted by Crippen LogP contribution is -2.36. The van der Waals surface area contributed by atoms with Crippen LogP contribution in [-0.4, -0.2) is 24.5 Å². The zero-order chi connectivity index (χ0) is 13.8. The Morgan fingerprint density at radius 2 is 2.21 bits per heavy atom. The molecular weight excluding hydrogens is 268 g/mol. The van der Waals surface area contributed by atoms with Gasteiger partial charge in [0.15, 0.2) is 6.10 Å². The van der Waals surface area contributed by atoms with Gasteiger partial charge < -0.3 is 15.8 Å². The summed E-state index contributed by atoms with van der Waals surface area (Å²) in [4.78, 5) is 23.7. The minimum absolute atomic E-state index is 0.185. The molecule has 3 N–H and O–H groups in total. The molecule has 1 aliphatic rings. The Bertz CT molecular complexity index is 505. The minimum atomic E-state index is -0.756. The van der Waals surface area contributed by atoms with Crippen LogP contribution in [0.5, 0.6) is 0 Å². The molecule has 0 bridgehead atoms. The number of rotatable bonds is 2. The van der Waals surface area contributed by atoms with Crippen molar-refractivity contribution in [3.05, 3.63) is 28.8 Å². The normalized spacial score (nSPS) is 19.4. The quantitative estimate of drug-likeness (QED) is 0.639. The molecule has 2 rings (SSSR count). The van der Waals surface area contributed by atoms with Crippen LogP contribution in [0.15, 0.2) is 18.2 Å². The molecular formula is C13H15ClN2O3. The predicted molar refractivity (Wildman–Crippen MR) is 71.9 cm³/mol. The number of hydrogen-bond acceptors (Lipinski definition) is 4. The average Bonchev–Trinajstić information content (AvgIpc) is 2.58. The second kappa shape index (κ2) is 5.93. The fraction of sp³-hybridized carbons (Fsp3) is 0.385. The Balaban J connectivity index is 2.11. The van der Waals surface area contributed by atoms with Crippen molar-refractivity contribution in [2.24, 2.45) is 0 Å². The van der Waals surface area contributed by atoms with E-state index in [0.29, 0.717) is 18.0 Å². The van der Waals surface area contributed by atoms with Crippen LogP contribution >= 0.6 is 11.6 Å². The summed E-state index contributed by atoms with van der Waals surface area (Å²) in [7, 11) is 0. The monoisotopic (exact) mass is 282 g/mol. The van der Waals surface area contributed by atoms with E-state index < -0.39 is 12.1 Å². The van der Waals surface area contributed by atoms with Crippen LogP contribution in [0.4, 0.5) is 5.69 Å². The van der Waals surface area contributed by atoms with Gasteiger partial charge in [-0.05, 0) is 37.5 Å². The maximum Gasteiger partial charge on any atom is 0.341 e. The van der Waals surface area contributed by atoms with Crippen molar-refractivity contribution in [1.82, 2.24) is 5.32 Å². The topological polar surface area (TPSA) is 81.4 Å². The van der Waals surface area contributed by atoms with Gasteiger partial charge in [-0.3, -0.25) is 4.79 Å². The van der Waals surface area contributed by atoms with Gasteiger partial charge in [-0.15, -0.1) is 0 Å². The summed E-state index contributed by atoms with van der Waals surface area (Å²) in [5.41, 5.74) is 6.17. The number of nitrogens with two attached hydrogens (primary N) is 1. The Kier molecular flexibility index (Phi) is 4.27. The van der Waals surface area contributed by atoms with Crippen LogP contribution in [0.1, 0.15) is 29.6 Å². The Hall–Kier alpha value is -1.75. The highest BCUT2D eigenvalue weighted by molar-refractivity contribution is 6.31. The molecule has 1 atom stereocenters.